The van der Waals surface area contributed by atoms with Gasteiger partial charge in [0, 0.05) is 33.7 Å². The summed E-state index contributed by atoms with van der Waals surface area (Å²) in [5.41, 5.74) is 2.42. The van der Waals surface area contributed by atoms with Crippen molar-refractivity contribution in [2.45, 2.75) is 12.5 Å². The van der Waals surface area contributed by atoms with Crippen molar-refractivity contribution >= 4 is 44.9 Å². The van der Waals surface area contributed by atoms with Crippen LogP contribution in [0.5, 0.6) is 0 Å². The molecule has 1 unspecified atom stereocenters. The lowest BCUT2D eigenvalue weighted by atomic mass is 10.2. The molecule has 1 atom stereocenters. The van der Waals surface area contributed by atoms with Gasteiger partial charge in [-0.25, -0.2) is 4.79 Å². The lowest BCUT2D eigenvalue weighted by Gasteiger charge is -2.13. The van der Waals surface area contributed by atoms with E-state index in [1.165, 1.54) is 13.2 Å². The molecular weight excluding hydrogens is 374 g/mol. The molecule has 26 heavy (non-hydrogen) atoms. The van der Waals surface area contributed by atoms with Gasteiger partial charge in [0.25, 0.3) is 5.91 Å². The Hall–Kier alpha value is -2.41. The fourth-order valence-corrected chi connectivity index (χ4v) is 3.72. The minimum absolute atomic E-state index is 0.295. The lowest BCUT2D eigenvalue weighted by molar-refractivity contribution is -0.160. The second kappa shape index (κ2) is 8.31. The van der Waals surface area contributed by atoms with Crippen molar-refractivity contribution in [3.05, 3.63) is 70.1 Å². The molecule has 0 radical (unpaired) electrons. The van der Waals surface area contributed by atoms with Gasteiger partial charge in [0.05, 0.1) is 0 Å². The number of ether oxygens (including phenoxy) is 1. The number of nitrogens with one attached hydrogen (secondary N) is 1. The highest BCUT2D eigenvalue weighted by atomic mass is 35.5. The van der Waals surface area contributed by atoms with Gasteiger partial charge < -0.3 is 9.57 Å². The molecule has 1 heterocycles. The van der Waals surface area contributed by atoms with Crippen LogP contribution in [-0.2, 0) is 20.8 Å². The summed E-state index contributed by atoms with van der Waals surface area (Å²) in [7, 11) is 1.43. The summed E-state index contributed by atoms with van der Waals surface area (Å²) in [6.45, 7) is 0. The van der Waals surface area contributed by atoms with E-state index in [0.29, 0.717) is 17.0 Å². The van der Waals surface area contributed by atoms with Gasteiger partial charge in [-0.2, -0.15) is 5.48 Å². The van der Waals surface area contributed by atoms with Crippen molar-refractivity contribution < 1.29 is 19.2 Å². The molecule has 0 aliphatic carbocycles. The summed E-state index contributed by atoms with van der Waals surface area (Å²) in [4.78, 5) is 30.1. The molecule has 0 aliphatic heterocycles. The second-order valence-corrected chi connectivity index (χ2v) is 7.15. The molecule has 1 amide bonds. The third kappa shape index (κ3) is 4.40. The van der Waals surface area contributed by atoms with Crippen molar-refractivity contribution in [1.82, 2.24) is 5.48 Å². The number of hydroxylamine groups is 1. The van der Waals surface area contributed by atoms with Crippen LogP contribution >= 0.6 is 22.9 Å². The number of thiophene rings is 1. The SMILES string of the molecule is COC(Cc1cc2ccccc2s1)C(=O)ONC(=O)c1cccc(Cl)c1. The van der Waals surface area contributed by atoms with Gasteiger partial charge in [0.15, 0.2) is 6.10 Å². The monoisotopic (exact) mass is 389 g/mol. The van der Waals surface area contributed by atoms with Crippen LogP contribution in [0.2, 0.25) is 5.02 Å². The quantitative estimate of drug-likeness (QED) is 0.670. The van der Waals surface area contributed by atoms with Crippen LogP contribution in [0.3, 0.4) is 0 Å². The summed E-state index contributed by atoms with van der Waals surface area (Å²) < 4.78 is 6.37. The fraction of sp³-hybridized carbons (Fsp3) is 0.158. The third-order valence-corrected chi connectivity index (χ3v) is 5.12. The van der Waals surface area contributed by atoms with Gasteiger partial charge in [-0.1, -0.05) is 35.9 Å². The highest BCUT2D eigenvalue weighted by Crippen LogP contribution is 2.26. The van der Waals surface area contributed by atoms with Crippen LogP contribution in [0.15, 0.2) is 54.6 Å². The molecule has 1 N–H and O–H groups in total. The first-order chi connectivity index (χ1) is 12.6. The summed E-state index contributed by atoms with van der Waals surface area (Å²) in [5, 5.41) is 1.54. The highest BCUT2D eigenvalue weighted by Gasteiger charge is 2.22. The Labute approximate surface area is 159 Å². The molecule has 0 aliphatic rings. The maximum Gasteiger partial charge on any atom is 0.361 e. The third-order valence-electron chi connectivity index (χ3n) is 3.74. The molecule has 134 valence electrons. The molecular formula is C19H16ClNO4S. The number of fused-ring (bicyclic) bond motifs is 1. The van der Waals surface area contributed by atoms with E-state index in [-0.39, 0.29) is 0 Å². The topological polar surface area (TPSA) is 64.6 Å². The first-order valence-corrected chi connectivity index (χ1v) is 9.03. The summed E-state index contributed by atoms with van der Waals surface area (Å²) in [6, 6.07) is 16.3. The van der Waals surface area contributed by atoms with Crippen LogP contribution in [-0.4, -0.2) is 25.1 Å². The Morgan fingerprint density at radius 1 is 1.15 bits per heavy atom. The normalized spacial score (nSPS) is 11.9. The predicted octanol–water partition coefficient (Wildman–Crippen LogP) is 4.00. The summed E-state index contributed by atoms with van der Waals surface area (Å²) >= 11 is 7.43. The molecule has 0 saturated carbocycles. The molecule has 2 aromatic carbocycles. The minimum Gasteiger partial charge on any atom is -0.369 e. The van der Waals surface area contributed by atoms with Crippen molar-refractivity contribution in [2.75, 3.05) is 7.11 Å². The first kappa shape index (κ1) is 18.4. The zero-order chi connectivity index (χ0) is 18.5. The summed E-state index contributed by atoms with van der Waals surface area (Å²) in [5.74, 6) is -1.22. The van der Waals surface area contributed by atoms with E-state index in [2.05, 4.69) is 5.48 Å². The van der Waals surface area contributed by atoms with Gasteiger partial charge >= 0.3 is 5.97 Å². The number of amides is 1. The number of carbonyl (C=O) groups is 2. The van der Waals surface area contributed by atoms with Crippen LogP contribution in [0.4, 0.5) is 0 Å². The van der Waals surface area contributed by atoms with Gasteiger partial charge in [0.2, 0.25) is 0 Å². The number of carbonyl (C=O) groups excluding carboxylic acids is 2. The Kier molecular flexibility index (Phi) is 5.88. The zero-order valence-corrected chi connectivity index (χ0v) is 15.5. The van der Waals surface area contributed by atoms with E-state index in [9.17, 15) is 9.59 Å². The average molecular weight is 390 g/mol. The number of hydrogen-bond acceptors (Lipinski definition) is 5. The van der Waals surface area contributed by atoms with E-state index in [0.717, 1.165) is 15.0 Å². The smallest absolute Gasteiger partial charge is 0.361 e. The Morgan fingerprint density at radius 2 is 1.96 bits per heavy atom. The number of rotatable bonds is 5. The fourth-order valence-electron chi connectivity index (χ4n) is 2.43. The molecule has 3 aromatic rings. The van der Waals surface area contributed by atoms with Crippen molar-refractivity contribution in [2.24, 2.45) is 0 Å². The Bertz CT molecular complexity index is 907. The van der Waals surface area contributed by atoms with Crippen LogP contribution in [0.25, 0.3) is 10.1 Å². The minimum atomic E-state index is -0.817. The van der Waals surface area contributed by atoms with Gasteiger partial charge in [0.1, 0.15) is 0 Å². The molecule has 3 rings (SSSR count). The maximum absolute atomic E-state index is 12.2. The van der Waals surface area contributed by atoms with E-state index in [4.69, 9.17) is 21.2 Å². The molecule has 5 nitrogen and oxygen atoms in total. The Balaban J connectivity index is 1.60. The molecule has 0 bridgehead atoms. The van der Waals surface area contributed by atoms with Gasteiger partial charge in [-0.15, -0.1) is 11.3 Å². The van der Waals surface area contributed by atoms with Gasteiger partial charge in [-0.3, -0.25) is 4.79 Å². The molecule has 0 fully saturated rings. The van der Waals surface area contributed by atoms with Crippen molar-refractivity contribution in [1.29, 1.82) is 0 Å². The van der Waals surface area contributed by atoms with E-state index >= 15 is 0 Å². The Morgan fingerprint density at radius 3 is 2.69 bits per heavy atom. The number of methoxy groups -OCH3 is 1. The number of halogens is 1. The van der Waals surface area contributed by atoms with Crippen molar-refractivity contribution in [3.63, 3.8) is 0 Å². The molecule has 1 aromatic heterocycles. The average Bonchev–Trinajstić information content (AvgIpc) is 3.06. The van der Waals surface area contributed by atoms with E-state index in [1.54, 1.807) is 29.5 Å². The van der Waals surface area contributed by atoms with Crippen LogP contribution < -0.4 is 5.48 Å². The molecule has 7 heteroatoms. The zero-order valence-electron chi connectivity index (χ0n) is 13.9. The lowest BCUT2D eigenvalue weighted by Crippen LogP contribution is -2.35. The highest BCUT2D eigenvalue weighted by molar-refractivity contribution is 7.19. The predicted molar refractivity (Wildman–Crippen MR) is 101 cm³/mol. The first-order valence-electron chi connectivity index (χ1n) is 7.83. The standard InChI is InChI=1S/C19H16ClNO4S/c1-24-16(11-15-10-12-5-2-3-8-17(12)26-15)19(23)25-21-18(22)13-6-4-7-14(20)9-13/h2-10,16H,11H2,1H3,(H,21,22). The number of benzene rings is 2. The number of hydrogen-bond donors (Lipinski definition) is 1. The van der Waals surface area contributed by atoms with Crippen LogP contribution in [0, 0.1) is 0 Å². The van der Waals surface area contributed by atoms with E-state index in [1.807, 2.05) is 30.3 Å². The summed E-state index contributed by atoms with van der Waals surface area (Å²) in [6.07, 6.45) is -0.454. The maximum atomic E-state index is 12.2. The van der Waals surface area contributed by atoms with Crippen molar-refractivity contribution in [3.8, 4) is 0 Å². The van der Waals surface area contributed by atoms with E-state index < -0.39 is 18.0 Å². The van der Waals surface area contributed by atoms with Gasteiger partial charge in [-0.05, 0) is 35.7 Å². The second-order valence-electron chi connectivity index (χ2n) is 5.54. The largest absolute Gasteiger partial charge is 0.369 e. The van der Waals surface area contributed by atoms with Crippen LogP contribution in [0.1, 0.15) is 15.2 Å². The molecule has 0 spiro atoms. The molecule has 0 saturated heterocycles.